The Hall–Kier alpha value is -3.78. The number of amides is 1. The average molecular weight is 475 g/mol. The van der Waals surface area contributed by atoms with Gasteiger partial charge in [-0.15, -0.1) is 10.2 Å². The molecule has 0 aliphatic heterocycles. The van der Waals surface area contributed by atoms with Gasteiger partial charge in [-0.2, -0.15) is 0 Å². The van der Waals surface area contributed by atoms with Crippen molar-refractivity contribution in [1.82, 2.24) is 14.8 Å². The van der Waals surface area contributed by atoms with E-state index in [1.54, 1.807) is 0 Å². The van der Waals surface area contributed by atoms with Gasteiger partial charge < -0.3 is 19.4 Å². The van der Waals surface area contributed by atoms with E-state index in [0.29, 0.717) is 29.7 Å². The van der Waals surface area contributed by atoms with Crippen LogP contribution in [0.2, 0.25) is 0 Å². The predicted molar refractivity (Wildman–Crippen MR) is 134 cm³/mol. The number of thioether (sulfide) groups is 1. The summed E-state index contributed by atoms with van der Waals surface area (Å²) in [6.07, 6.45) is 0. The molecule has 174 valence electrons. The van der Waals surface area contributed by atoms with Gasteiger partial charge in [0, 0.05) is 12.2 Å². The standard InChI is InChI=1S/C26H26N4O3S/c1-3-30-24(17-32-21-13-9-19(2)10-14-21)28-29-26(30)34-18-25(31)27-20-11-15-23(16-12-20)33-22-7-5-4-6-8-22/h4-16H,3,17-18H2,1-2H3,(H,27,31). The highest BCUT2D eigenvalue weighted by Gasteiger charge is 2.14. The molecule has 8 heteroatoms. The Morgan fingerprint density at radius 2 is 1.59 bits per heavy atom. The monoisotopic (exact) mass is 474 g/mol. The number of nitrogens with zero attached hydrogens (tertiary/aromatic N) is 3. The van der Waals surface area contributed by atoms with Gasteiger partial charge in [0.1, 0.15) is 23.9 Å². The van der Waals surface area contributed by atoms with E-state index in [2.05, 4.69) is 15.5 Å². The van der Waals surface area contributed by atoms with Crippen LogP contribution >= 0.6 is 11.8 Å². The molecule has 3 aromatic carbocycles. The normalized spacial score (nSPS) is 10.6. The minimum absolute atomic E-state index is 0.121. The van der Waals surface area contributed by atoms with Crippen LogP contribution in [0.25, 0.3) is 0 Å². The Kier molecular flexibility index (Phi) is 7.83. The molecule has 0 bridgehead atoms. The van der Waals surface area contributed by atoms with Crippen LogP contribution in [-0.4, -0.2) is 26.4 Å². The summed E-state index contributed by atoms with van der Waals surface area (Å²) in [6.45, 7) is 5.05. The molecule has 4 rings (SSSR count). The topological polar surface area (TPSA) is 78.3 Å². The summed E-state index contributed by atoms with van der Waals surface area (Å²) in [5.41, 5.74) is 1.88. The van der Waals surface area contributed by atoms with E-state index < -0.39 is 0 Å². The van der Waals surface area contributed by atoms with Crippen LogP contribution in [0.5, 0.6) is 17.2 Å². The molecule has 7 nitrogen and oxygen atoms in total. The fraction of sp³-hybridized carbons (Fsp3) is 0.192. The smallest absolute Gasteiger partial charge is 0.234 e. The first-order valence-electron chi connectivity index (χ1n) is 11.0. The van der Waals surface area contributed by atoms with Crippen molar-refractivity contribution in [1.29, 1.82) is 0 Å². The number of carbonyl (C=O) groups is 1. The van der Waals surface area contributed by atoms with Crippen LogP contribution in [0.4, 0.5) is 5.69 Å². The summed E-state index contributed by atoms with van der Waals surface area (Å²) < 4.78 is 13.6. The molecule has 1 heterocycles. The molecule has 0 saturated heterocycles. The SMILES string of the molecule is CCn1c(COc2ccc(C)cc2)nnc1SCC(=O)Nc1ccc(Oc2ccccc2)cc1. The Morgan fingerprint density at radius 1 is 0.912 bits per heavy atom. The number of para-hydroxylation sites is 1. The first kappa shape index (κ1) is 23.4. The lowest BCUT2D eigenvalue weighted by Gasteiger charge is -2.10. The Balaban J connectivity index is 1.28. The molecular formula is C26H26N4O3S. The largest absolute Gasteiger partial charge is 0.486 e. The summed E-state index contributed by atoms with van der Waals surface area (Å²) in [6, 6.07) is 24.7. The van der Waals surface area contributed by atoms with Crippen molar-refractivity contribution in [2.45, 2.75) is 32.2 Å². The Labute approximate surface area is 203 Å². The molecule has 4 aromatic rings. The molecule has 34 heavy (non-hydrogen) atoms. The maximum Gasteiger partial charge on any atom is 0.234 e. The fourth-order valence-electron chi connectivity index (χ4n) is 3.19. The van der Waals surface area contributed by atoms with E-state index in [4.69, 9.17) is 9.47 Å². The van der Waals surface area contributed by atoms with Crippen LogP contribution in [0.3, 0.4) is 0 Å². The summed E-state index contributed by atoms with van der Waals surface area (Å²) in [4.78, 5) is 12.5. The first-order chi connectivity index (χ1) is 16.6. The Morgan fingerprint density at radius 3 is 2.29 bits per heavy atom. The molecule has 0 spiro atoms. The number of carbonyl (C=O) groups excluding carboxylic acids is 1. The van der Waals surface area contributed by atoms with Gasteiger partial charge in [0.15, 0.2) is 11.0 Å². The molecule has 0 radical (unpaired) electrons. The predicted octanol–water partition coefficient (Wildman–Crippen LogP) is 5.71. The van der Waals surface area contributed by atoms with E-state index >= 15 is 0 Å². The summed E-state index contributed by atoms with van der Waals surface area (Å²) in [7, 11) is 0. The first-order valence-corrected chi connectivity index (χ1v) is 12.0. The van der Waals surface area contributed by atoms with Crippen molar-refractivity contribution in [3.63, 3.8) is 0 Å². The summed E-state index contributed by atoms with van der Waals surface area (Å²) in [5, 5.41) is 12.1. The zero-order chi connectivity index (χ0) is 23.8. The minimum Gasteiger partial charge on any atom is -0.486 e. The van der Waals surface area contributed by atoms with Crippen LogP contribution in [0.1, 0.15) is 18.3 Å². The van der Waals surface area contributed by atoms with Gasteiger partial charge in [-0.1, -0.05) is 47.7 Å². The van der Waals surface area contributed by atoms with Gasteiger partial charge in [-0.3, -0.25) is 4.79 Å². The molecule has 0 atom stereocenters. The molecule has 0 aliphatic carbocycles. The van der Waals surface area contributed by atoms with Crippen LogP contribution in [0.15, 0.2) is 84.0 Å². The second-order valence-electron chi connectivity index (χ2n) is 7.52. The van der Waals surface area contributed by atoms with E-state index in [-0.39, 0.29) is 11.7 Å². The molecule has 0 saturated carbocycles. The zero-order valence-corrected chi connectivity index (χ0v) is 19.9. The quantitative estimate of drug-likeness (QED) is 0.297. The van der Waals surface area contributed by atoms with E-state index in [9.17, 15) is 4.79 Å². The van der Waals surface area contributed by atoms with E-state index in [1.165, 1.54) is 17.3 Å². The van der Waals surface area contributed by atoms with Crippen LogP contribution in [0, 0.1) is 6.92 Å². The maximum atomic E-state index is 12.5. The number of rotatable bonds is 10. The van der Waals surface area contributed by atoms with Gasteiger partial charge in [-0.25, -0.2) is 0 Å². The molecular weight excluding hydrogens is 448 g/mol. The molecule has 0 unspecified atom stereocenters. The highest BCUT2D eigenvalue weighted by molar-refractivity contribution is 7.99. The van der Waals surface area contributed by atoms with Crippen molar-refractivity contribution < 1.29 is 14.3 Å². The number of benzene rings is 3. The fourth-order valence-corrected chi connectivity index (χ4v) is 4.01. The second kappa shape index (κ2) is 11.4. The van der Waals surface area contributed by atoms with Gasteiger partial charge in [0.25, 0.3) is 0 Å². The number of aryl methyl sites for hydroxylation is 1. The van der Waals surface area contributed by atoms with E-state index in [0.717, 1.165) is 17.3 Å². The van der Waals surface area contributed by atoms with Crippen LogP contribution in [-0.2, 0) is 17.9 Å². The van der Waals surface area contributed by atoms with Gasteiger partial charge in [0.2, 0.25) is 5.91 Å². The van der Waals surface area contributed by atoms with Crippen molar-refractivity contribution in [3.8, 4) is 17.2 Å². The second-order valence-corrected chi connectivity index (χ2v) is 8.46. The minimum atomic E-state index is -0.121. The summed E-state index contributed by atoms with van der Waals surface area (Å²) in [5.74, 6) is 3.07. The zero-order valence-electron chi connectivity index (χ0n) is 19.1. The highest BCUT2D eigenvalue weighted by atomic mass is 32.2. The van der Waals surface area contributed by atoms with Crippen molar-refractivity contribution in [3.05, 3.63) is 90.3 Å². The third-order valence-electron chi connectivity index (χ3n) is 4.95. The molecule has 1 aromatic heterocycles. The third kappa shape index (κ3) is 6.39. The van der Waals surface area contributed by atoms with E-state index in [1.807, 2.05) is 97.3 Å². The number of hydrogen-bond acceptors (Lipinski definition) is 6. The number of anilines is 1. The number of aromatic nitrogens is 3. The molecule has 1 amide bonds. The van der Waals surface area contributed by atoms with Gasteiger partial charge in [-0.05, 0) is 62.4 Å². The average Bonchev–Trinajstić information content (AvgIpc) is 3.26. The lowest BCUT2D eigenvalue weighted by atomic mass is 10.2. The van der Waals surface area contributed by atoms with Crippen molar-refractivity contribution >= 4 is 23.4 Å². The van der Waals surface area contributed by atoms with Gasteiger partial charge in [0.05, 0.1) is 5.75 Å². The van der Waals surface area contributed by atoms with Crippen LogP contribution < -0.4 is 14.8 Å². The maximum absolute atomic E-state index is 12.5. The number of hydrogen-bond donors (Lipinski definition) is 1. The molecule has 0 fully saturated rings. The van der Waals surface area contributed by atoms with Gasteiger partial charge >= 0.3 is 0 Å². The lowest BCUT2D eigenvalue weighted by molar-refractivity contribution is -0.113. The van der Waals surface area contributed by atoms with Crippen molar-refractivity contribution in [2.75, 3.05) is 11.1 Å². The highest BCUT2D eigenvalue weighted by Crippen LogP contribution is 2.23. The molecule has 1 N–H and O–H groups in total. The number of nitrogens with one attached hydrogen (secondary N) is 1. The summed E-state index contributed by atoms with van der Waals surface area (Å²) >= 11 is 1.35. The van der Waals surface area contributed by atoms with Crippen molar-refractivity contribution in [2.24, 2.45) is 0 Å². The molecule has 0 aliphatic rings. The third-order valence-corrected chi connectivity index (χ3v) is 5.91. The lowest BCUT2D eigenvalue weighted by Crippen LogP contribution is -2.14. The Bertz CT molecular complexity index is 1210. The number of ether oxygens (including phenoxy) is 2.